The molecular formula is C24H24ClFN8OS. The number of hydrazine groups is 1. The summed E-state index contributed by atoms with van der Waals surface area (Å²) < 4.78 is 17.4. The second-order valence-corrected chi connectivity index (χ2v) is 10.2. The number of thiazole rings is 1. The topological polar surface area (TPSA) is 137 Å². The number of hydrogen-bond acceptors (Lipinski definition) is 8. The van der Waals surface area contributed by atoms with E-state index in [0.717, 1.165) is 36.1 Å². The van der Waals surface area contributed by atoms with Gasteiger partial charge in [0.05, 0.1) is 34.9 Å². The molecule has 3 heterocycles. The first-order valence-corrected chi connectivity index (χ1v) is 12.6. The van der Waals surface area contributed by atoms with E-state index in [1.54, 1.807) is 24.4 Å². The van der Waals surface area contributed by atoms with Crippen LogP contribution in [0.25, 0.3) is 28.1 Å². The molecule has 3 aromatic heterocycles. The van der Waals surface area contributed by atoms with Gasteiger partial charge in [0.2, 0.25) is 0 Å². The lowest BCUT2D eigenvalue weighted by Crippen LogP contribution is -2.39. The van der Waals surface area contributed by atoms with Gasteiger partial charge in [-0.3, -0.25) is 15.6 Å². The van der Waals surface area contributed by atoms with E-state index in [1.807, 2.05) is 10.6 Å². The van der Waals surface area contributed by atoms with Gasteiger partial charge < -0.3 is 21.0 Å². The summed E-state index contributed by atoms with van der Waals surface area (Å²) in [6.45, 7) is 0. The van der Waals surface area contributed by atoms with Crippen molar-refractivity contribution in [3.8, 4) is 11.4 Å². The third-order valence-electron chi connectivity index (χ3n) is 6.31. The molecule has 36 heavy (non-hydrogen) atoms. The largest absolute Gasteiger partial charge is 0.403 e. The Kier molecular flexibility index (Phi) is 6.86. The van der Waals surface area contributed by atoms with Gasteiger partial charge in [-0.1, -0.05) is 35.1 Å². The van der Waals surface area contributed by atoms with Gasteiger partial charge in [0, 0.05) is 18.3 Å². The molecule has 0 aliphatic heterocycles. The minimum atomic E-state index is -0.366. The van der Waals surface area contributed by atoms with Gasteiger partial charge in [-0.25, -0.2) is 14.4 Å². The number of fused-ring (bicyclic) bond motifs is 1. The highest BCUT2D eigenvalue weighted by atomic mass is 35.5. The van der Waals surface area contributed by atoms with Crippen molar-refractivity contribution < 1.29 is 9.18 Å². The van der Waals surface area contributed by atoms with E-state index >= 15 is 0 Å². The molecule has 9 nitrogen and oxygen atoms in total. The van der Waals surface area contributed by atoms with E-state index in [4.69, 9.17) is 28.2 Å². The van der Waals surface area contributed by atoms with Crippen LogP contribution >= 0.6 is 22.9 Å². The summed E-state index contributed by atoms with van der Waals surface area (Å²) >= 11 is 7.09. The van der Waals surface area contributed by atoms with Crippen LogP contribution in [-0.4, -0.2) is 31.5 Å². The van der Waals surface area contributed by atoms with E-state index in [0.29, 0.717) is 44.1 Å². The summed E-state index contributed by atoms with van der Waals surface area (Å²) in [4.78, 5) is 26.0. The molecule has 5 rings (SSSR count). The molecule has 1 saturated carbocycles. The number of halogens is 2. The van der Waals surface area contributed by atoms with Gasteiger partial charge in [0.1, 0.15) is 21.5 Å². The summed E-state index contributed by atoms with van der Waals surface area (Å²) in [5, 5.41) is 3.41. The van der Waals surface area contributed by atoms with Crippen molar-refractivity contribution in [1.82, 2.24) is 30.3 Å². The predicted molar refractivity (Wildman–Crippen MR) is 138 cm³/mol. The van der Waals surface area contributed by atoms with Crippen molar-refractivity contribution in [2.24, 2.45) is 11.6 Å². The zero-order chi connectivity index (χ0) is 25.2. The fraction of sp³-hybridized carbons (Fsp3) is 0.250. The maximum Gasteiger partial charge on any atom is 0.280 e. The Balaban J connectivity index is 1.55. The number of nitrogens with two attached hydrogens (primary N) is 2. The van der Waals surface area contributed by atoms with E-state index in [1.165, 1.54) is 18.5 Å². The lowest BCUT2D eigenvalue weighted by molar-refractivity contribution is 0.0920. The lowest BCUT2D eigenvalue weighted by Gasteiger charge is -2.32. The second-order valence-electron chi connectivity index (χ2n) is 8.53. The molecule has 1 fully saturated rings. The first-order chi connectivity index (χ1) is 17.5. The Morgan fingerprint density at radius 1 is 1.25 bits per heavy atom. The number of nitrogens with one attached hydrogen (secondary N) is 2. The van der Waals surface area contributed by atoms with Gasteiger partial charge in [0.25, 0.3) is 5.91 Å². The number of carbonyl (C=O) groups excluding carboxylic acids is 1. The molecule has 2 atom stereocenters. The van der Waals surface area contributed by atoms with Crippen LogP contribution in [0, 0.1) is 5.82 Å². The van der Waals surface area contributed by atoms with Gasteiger partial charge in [-0.15, -0.1) is 0 Å². The number of carbonyl (C=O) groups is 1. The van der Waals surface area contributed by atoms with E-state index < -0.39 is 0 Å². The minimum absolute atomic E-state index is 0.0464. The number of pyridine rings is 1. The maximum absolute atomic E-state index is 14.9. The van der Waals surface area contributed by atoms with Crippen molar-refractivity contribution in [2.75, 3.05) is 0 Å². The van der Waals surface area contributed by atoms with E-state index in [-0.39, 0.29) is 23.8 Å². The van der Waals surface area contributed by atoms with Gasteiger partial charge in [-0.05, 0) is 43.9 Å². The Morgan fingerprint density at radius 3 is 2.81 bits per heavy atom. The van der Waals surface area contributed by atoms with E-state index in [9.17, 15) is 9.18 Å². The molecule has 1 aliphatic carbocycles. The average Bonchev–Trinajstić information content (AvgIpc) is 3.49. The summed E-state index contributed by atoms with van der Waals surface area (Å²) in [7, 11) is 0. The summed E-state index contributed by atoms with van der Waals surface area (Å²) in [6.07, 6.45) is 7.62. The maximum atomic E-state index is 14.9. The van der Waals surface area contributed by atoms with Crippen LogP contribution in [0.5, 0.6) is 0 Å². The molecule has 1 aromatic carbocycles. The predicted octanol–water partition coefficient (Wildman–Crippen LogP) is 3.98. The van der Waals surface area contributed by atoms with Gasteiger partial charge >= 0.3 is 0 Å². The molecule has 6 N–H and O–H groups in total. The highest BCUT2D eigenvalue weighted by Gasteiger charge is 2.29. The standard InChI is InChI=1S/C24H24ClFN8OS/c25-21-12-30-24(36-21)23(35)31-13-4-3-5-14(8-13)34-20-9-17(18(10-27)33-28)29-11-19(20)32-22(34)15-6-1-2-7-16(15)26/h1-2,6-7,9-14,33H,3-5,8,27-28H2,(H,31,35)/b18-10-/t13-,14+/m0/s1. The highest BCUT2D eigenvalue weighted by molar-refractivity contribution is 7.17. The molecule has 12 heteroatoms. The van der Waals surface area contributed by atoms with Crippen LogP contribution < -0.4 is 22.3 Å². The highest BCUT2D eigenvalue weighted by Crippen LogP contribution is 2.37. The number of nitrogens with zero attached hydrogens (tertiary/aromatic N) is 4. The number of imidazole rings is 1. The molecule has 1 aliphatic rings. The third-order valence-corrected chi connectivity index (χ3v) is 7.42. The molecule has 0 unspecified atom stereocenters. The van der Waals surface area contributed by atoms with Crippen LogP contribution in [0.1, 0.15) is 47.2 Å². The minimum Gasteiger partial charge on any atom is -0.403 e. The van der Waals surface area contributed by atoms with Crippen molar-refractivity contribution in [1.29, 1.82) is 0 Å². The zero-order valence-corrected chi connectivity index (χ0v) is 20.7. The van der Waals surface area contributed by atoms with Gasteiger partial charge in [-0.2, -0.15) is 0 Å². The van der Waals surface area contributed by atoms with Crippen molar-refractivity contribution >= 4 is 45.6 Å². The number of benzene rings is 1. The summed E-state index contributed by atoms with van der Waals surface area (Å²) in [5.74, 6) is 5.50. The molecule has 0 radical (unpaired) electrons. The fourth-order valence-corrected chi connectivity index (χ4v) is 5.51. The van der Waals surface area contributed by atoms with E-state index in [2.05, 4.69) is 20.7 Å². The molecule has 4 aromatic rings. The lowest BCUT2D eigenvalue weighted by atomic mass is 9.90. The molecule has 0 saturated heterocycles. The number of hydrogen-bond donors (Lipinski definition) is 4. The van der Waals surface area contributed by atoms with Crippen LogP contribution in [-0.2, 0) is 0 Å². The summed E-state index contributed by atoms with van der Waals surface area (Å²) in [6, 6.07) is 8.26. The van der Waals surface area contributed by atoms with Crippen LogP contribution in [0.3, 0.4) is 0 Å². The normalized spacial score (nSPS) is 18.4. The zero-order valence-electron chi connectivity index (χ0n) is 19.1. The van der Waals surface area contributed by atoms with Crippen LogP contribution in [0.2, 0.25) is 4.34 Å². The Bertz CT molecular complexity index is 1450. The van der Waals surface area contributed by atoms with Crippen molar-refractivity contribution in [2.45, 2.75) is 37.8 Å². The van der Waals surface area contributed by atoms with Crippen molar-refractivity contribution in [3.05, 3.63) is 69.8 Å². The molecule has 0 spiro atoms. The molecule has 186 valence electrons. The molecule has 1 amide bonds. The Hall–Kier alpha value is -3.54. The molecular weight excluding hydrogens is 503 g/mol. The monoisotopic (exact) mass is 526 g/mol. The first kappa shape index (κ1) is 24.2. The fourth-order valence-electron chi connectivity index (χ4n) is 4.69. The second kappa shape index (κ2) is 10.2. The first-order valence-electron chi connectivity index (χ1n) is 11.4. The smallest absolute Gasteiger partial charge is 0.280 e. The average molecular weight is 527 g/mol. The van der Waals surface area contributed by atoms with Gasteiger partial charge in [0.15, 0.2) is 5.01 Å². The Labute approximate surface area is 215 Å². The van der Waals surface area contributed by atoms with Crippen LogP contribution in [0.15, 0.2) is 48.9 Å². The van der Waals surface area contributed by atoms with Crippen molar-refractivity contribution in [3.63, 3.8) is 0 Å². The molecule has 0 bridgehead atoms. The summed E-state index contributed by atoms with van der Waals surface area (Å²) in [5.41, 5.74) is 11.0. The number of amides is 1. The van der Waals surface area contributed by atoms with Crippen LogP contribution in [0.4, 0.5) is 4.39 Å². The Morgan fingerprint density at radius 2 is 2.08 bits per heavy atom. The quantitative estimate of drug-likeness (QED) is 0.220. The third kappa shape index (κ3) is 4.64. The SMILES string of the molecule is N/C=C(\NN)c1cc2c(cn1)nc(-c1ccccc1F)n2[C@@H]1CCC[C@H](NC(=O)c2ncc(Cl)s2)C1. The number of aromatic nitrogens is 4. The number of rotatable bonds is 6.